The zero-order valence-corrected chi connectivity index (χ0v) is 19.6. The number of anilines is 4. The molecule has 0 aliphatic carbocycles. The van der Waals surface area contributed by atoms with Crippen LogP contribution in [0.4, 0.5) is 23.3 Å². The van der Waals surface area contributed by atoms with Crippen molar-refractivity contribution in [3.63, 3.8) is 0 Å². The van der Waals surface area contributed by atoms with E-state index in [-0.39, 0.29) is 0 Å². The molecule has 3 aromatic heterocycles. The summed E-state index contributed by atoms with van der Waals surface area (Å²) in [6.45, 7) is 3.81. The van der Waals surface area contributed by atoms with Crippen molar-refractivity contribution in [2.45, 2.75) is 13.8 Å². The molecule has 0 saturated heterocycles. The van der Waals surface area contributed by atoms with Gasteiger partial charge in [-0.2, -0.15) is 20.2 Å². The fourth-order valence-corrected chi connectivity index (χ4v) is 3.05. The van der Waals surface area contributed by atoms with Crippen LogP contribution in [0.2, 0.25) is 0 Å². The third-order valence-electron chi connectivity index (χ3n) is 4.92. The van der Waals surface area contributed by atoms with Crippen LogP contribution in [0.5, 0.6) is 5.75 Å². The fraction of sp³-hybridized carbons (Fsp3) is 0.120. The molecule has 4 rings (SSSR count). The quantitative estimate of drug-likeness (QED) is 0.239. The zero-order valence-electron chi connectivity index (χ0n) is 19.6. The van der Waals surface area contributed by atoms with Crippen LogP contribution in [0.25, 0.3) is 0 Å². The molecule has 0 bridgehead atoms. The maximum atomic E-state index is 5.30. The highest BCUT2D eigenvalue weighted by atomic mass is 16.5. The Kier molecular flexibility index (Phi) is 7.54. The summed E-state index contributed by atoms with van der Waals surface area (Å²) in [6.07, 6.45) is 6.89. The highest BCUT2D eigenvalue weighted by molar-refractivity contribution is 5.99. The van der Waals surface area contributed by atoms with E-state index in [1.807, 2.05) is 62.4 Å². The van der Waals surface area contributed by atoms with Crippen LogP contribution in [0.3, 0.4) is 0 Å². The maximum Gasteiger partial charge on any atom is 0.231 e. The lowest BCUT2D eigenvalue weighted by Crippen LogP contribution is -2.06. The minimum Gasteiger partial charge on any atom is -0.497 e. The Labute approximate surface area is 203 Å². The first-order valence-electron chi connectivity index (χ1n) is 10.8. The third-order valence-corrected chi connectivity index (χ3v) is 4.92. The van der Waals surface area contributed by atoms with E-state index in [1.165, 1.54) is 0 Å². The van der Waals surface area contributed by atoms with Crippen LogP contribution >= 0.6 is 0 Å². The number of methoxy groups -OCH3 is 1. The van der Waals surface area contributed by atoms with Gasteiger partial charge in [-0.3, -0.25) is 20.8 Å². The van der Waals surface area contributed by atoms with E-state index in [2.05, 4.69) is 46.3 Å². The molecule has 3 N–H and O–H groups in total. The molecule has 0 unspecified atom stereocenters. The molecular weight excluding hydrogens is 442 g/mol. The van der Waals surface area contributed by atoms with E-state index in [0.29, 0.717) is 17.6 Å². The van der Waals surface area contributed by atoms with Crippen molar-refractivity contribution in [3.8, 4) is 5.75 Å². The molecule has 4 aromatic rings. The molecule has 0 atom stereocenters. The van der Waals surface area contributed by atoms with Gasteiger partial charge in [0.25, 0.3) is 0 Å². The first-order chi connectivity index (χ1) is 17.1. The van der Waals surface area contributed by atoms with Crippen molar-refractivity contribution in [3.05, 3.63) is 90.5 Å². The van der Waals surface area contributed by atoms with E-state index in [9.17, 15) is 0 Å². The highest BCUT2D eigenvalue weighted by Crippen LogP contribution is 2.22. The summed E-state index contributed by atoms with van der Waals surface area (Å²) in [5, 5.41) is 12.1. The zero-order chi connectivity index (χ0) is 24.5. The molecule has 0 spiro atoms. The Balaban J connectivity index is 1.60. The lowest BCUT2D eigenvalue weighted by Gasteiger charge is -2.11. The van der Waals surface area contributed by atoms with Gasteiger partial charge in [-0.25, -0.2) is 0 Å². The van der Waals surface area contributed by atoms with Crippen LogP contribution < -0.4 is 20.9 Å². The summed E-state index contributed by atoms with van der Waals surface area (Å²) in [4.78, 5) is 17.2. The summed E-state index contributed by atoms with van der Waals surface area (Å²) in [7, 11) is 1.62. The molecule has 0 radical (unpaired) electrons. The smallest absolute Gasteiger partial charge is 0.231 e. The number of hydrogen-bond acceptors (Lipinski definition) is 10. The van der Waals surface area contributed by atoms with Gasteiger partial charge in [-0.05, 0) is 50.2 Å². The molecule has 176 valence electrons. The fourth-order valence-electron chi connectivity index (χ4n) is 3.05. The van der Waals surface area contributed by atoms with Gasteiger partial charge in [0.1, 0.15) is 5.75 Å². The molecule has 0 saturated carbocycles. The number of pyridine rings is 2. The molecule has 3 heterocycles. The summed E-state index contributed by atoms with van der Waals surface area (Å²) in [5.74, 6) is 2.05. The van der Waals surface area contributed by atoms with Gasteiger partial charge in [-0.1, -0.05) is 6.07 Å². The normalized spacial score (nSPS) is 11.6. The van der Waals surface area contributed by atoms with Crippen molar-refractivity contribution >= 4 is 34.7 Å². The van der Waals surface area contributed by atoms with E-state index in [4.69, 9.17) is 4.74 Å². The summed E-state index contributed by atoms with van der Waals surface area (Å²) in [5.41, 5.74) is 10.3. The molecule has 10 heteroatoms. The Morgan fingerprint density at radius 2 is 1.29 bits per heavy atom. The average Bonchev–Trinajstić information content (AvgIpc) is 2.91. The van der Waals surface area contributed by atoms with Gasteiger partial charge < -0.3 is 10.1 Å². The highest BCUT2D eigenvalue weighted by Gasteiger charge is 2.07. The van der Waals surface area contributed by atoms with Crippen molar-refractivity contribution in [1.82, 2.24) is 19.9 Å². The lowest BCUT2D eigenvalue weighted by atomic mass is 10.2. The second kappa shape index (κ2) is 11.3. The number of hydrogen-bond donors (Lipinski definition) is 3. The van der Waals surface area contributed by atoms with Gasteiger partial charge in [0.2, 0.25) is 5.95 Å². The van der Waals surface area contributed by atoms with Gasteiger partial charge in [0, 0.05) is 53.7 Å². The first-order valence-corrected chi connectivity index (χ1v) is 10.8. The Hall–Kier alpha value is -4.86. The number of aromatic nitrogens is 4. The number of nitrogens with one attached hydrogen (secondary N) is 3. The Bertz CT molecular complexity index is 1250. The Morgan fingerprint density at radius 1 is 0.743 bits per heavy atom. The number of rotatable bonds is 9. The predicted octanol–water partition coefficient (Wildman–Crippen LogP) is 4.69. The molecule has 0 aliphatic rings. The first kappa shape index (κ1) is 23.3. The summed E-state index contributed by atoms with van der Waals surface area (Å²) < 4.78 is 5.30. The van der Waals surface area contributed by atoms with Crippen LogP contribution in [-0.4, -0.2) is 38.5 Å². The largest absolute Gasteiger partial charge is 0.497 e. The van der Waals surface area contributed by atoms with Gasteiger partial charge in [0.15, 0.2) is 11.6 Å². The van der Waals surface area contributed by atoms with Gasteiger partial charge in [-0.15, -0.1) is 0 Å². The second-order valence-corrected chi connectivity index (χ2v) is 7.41. The van der Waals surface area contributed by atoms with Gasteiger partial charge in [0.05, 0.1) is 18.5 Å². The maximum absolute atomic E-state index is 5.30. The van der Waals surface area contributed by atoms with E-state index >= 15 is 0 Å². The third kappa shape index (κ3) is 6.57. The van der Waals surface area contributed by atoms with Crippen LogP contribution in [0.1, 0.15) is 25.0 Å². The molecule has 0 aliphatic heterocycles. The predicted molar refractivity (Wildman–Crippen MR) is 138 cm³/mol. The van der Waals surface area contributed by atoms with Crippen molar-refractivity contribution in [2.75, 3.05) is 23.3 Å². The number of nitrogens with zero attached hydrogens (tertiary/aromatic N) is 6. The van der Waals surface area contributed by atoms with Gasteiger partial charge >= 0.3 is 0 Å². The summed E-state index contributed by atoms with van der Waals surface area (Å²) in [6, 6.07) is 16.8. The standard InChI is InChI=1S/C25H25N9O/c1-17(19-7-11-26-12-8-19)31-33-23-16-24(34-32-18(2)20-9-13-27-14-10-20)30-25(29-23)28-21-5-4-6-22(15-21)35-3/h4-16H,1-3H3,(H3,28,29,30,33,34). The molecule has 1 aromatic carbocycles. The lowest BCUT2D eigenvalue weighted by molar-refractivity contribution is 0.415. The molecule has 0 fully saturated rings. The molecule has 10 nitrogen and oxygen atoms in total. The molecule has 0 amide bonds. The van der Waals surface area contributed by atoms with Crippen molar-refractivity contribution < 1.29 is 4.74 Å². The van der Waals surface area contributed by atoms with Crippen LogP contribution in [-0.2, 0) is 0 Å². The van der Waals surface area contributed by atoms with E-state index in [1.54, 1.807) is 38.0 Å². The number of benzene rings is 1. The minimum absolute atomic E-state index is 0.360. The number of ether oxygens (including phenoxy) is 1. The molecule has 35 heavy (non-hydrogen) atoms. The van der Waals surface area contributed by atoms with Crippen LogP contribution in [0, 0.1) is 0 Å². The van der Waals surface area contributed by atoms with Crippen molar-refractivity contribution in [2.24, 2.45) is 10.2 Å². The number of hydrazone groups is 2. The van der Waals surface area contributed by atoms with E-state index in [0.717, 1.165) is 34.0 Å². The monoisotopic (exact) mass is 467 g/mol. The second-order valence-electron chi connectivity index (χ2n) is 7.41. The Morgan fingerprint density at radius 3 is 1.80 bits per heavy atom. The average molecular weight is 468 g/mol. The van der Waals surface area contributed by atoms with Crippen molar-refractivity contribution in [1.29, 1.82) is 0 Å². The van der Waals surface area contributed by atoms with Crippen LogP contribution in [0.15, 0.2) is 89.6 Å². The summed E-state index contributed by atoms with van der Waals surface area (Å²) >= 11 is 0. The van der Waals surface area contributed by atoms with E-state index < -0.39 is 0 Å². The minimum atomic E-state index is 0.360. The molecular formula is C25H25N9O. The SMILES string of the molecule is COc1cccc(Nc2nc(NN=C(C)c3ccncc3)cc(NN=C(C)c3ccncc3)n2)c1. The topological polar surface area (TPSA) is 122 Å².